The van der Waals surface area contributed by atoms with Gasteiger partial charge in [-0.1, -0.05) is 36.7 Å². The number of rotatable bonds is 9. The molecule has 0 saturated carbocycles. The molecule has 0 fully saturated rings. The standard InChI is InChI=1S/C29H39ClN6O2/c1-19(24-16-32-25-9-7-6-8-23(24)25)27(33-29(38)31-12-13-34(2)3)28(37)36-18-20(17-35(4)5)14-21-15-22(30)10-11-26(21)36/h6-11,15-16,19-20,27,32H,12-14,17-18H2,1-5H3,(H2,31,33,38)/t19?,20-,27?/m1/s1. The molecular formula is C29H39ClN6O2. The SMILES string of the molecule is CC(c1c[nH]c2ccccc12)C(NC(=O)NCCN(C)C)C(=O)N1C[C@@H](CN(C)C)Cc2cc(Cl)ccc21. The lowest BCUT2D eigenvalue weighted by Gasteiger charge is -2.38. The zero-order chi connectivity index (χ0) is 27.4. The zero-order valence-corrected chi connectivity index (χ0v) is 23.7. The Hall–Kier alpha value is -3.07. The average molecular weight is 539 g/mol. The van der Waals surface area contributed by atoms with Crippen molar-refractivity contribution in [3.63, 3.8) is 0 Å². The molecule has 0 aliphatic carbocycles. The lowest BCUT2D eigenvalue weighted by Crippen LogP contribution is -2.56. The number of urea groups is 1. The first-order valence-corrected chi connectivity index (χ1v) is 13.5. The van der Waals surface area contributed by atoms with E-state index in [-0.39, 0.29) is 23.8 Å². The van der Waals surface area contributed by atoms with Gasteiger partial charge in [-0.15, -0.1) is 0 Å². The van der Waals surface area contributed by atoms with E-state index in [1.165, 1.54) is 0 Å². The second-order valence-electron chi connectivity index (χ2n) is 10.8. The van der Waals surface area contributed by atoms with Crippen molar-refractivity contribution in [1.29, 1.82) is 0 Å². The highest BCUT2D eigenvalue weighted by Gasteiger charge is 2.37. The molecule has 2 heterocycles. The van der Waals surface area contributed by atoms with Gasteiger partial charge in [0.05, 0.1) is 0 Å². The molecule has 1 aromatic heterocycles. The summed E-state index contributed by atoms with van der Waals surface area (Å²) in [5.74, 6) is -0.154. The molecule has 38 heavy (non-hydrogen) atoms. The van der Waals surface area contributed by atoms with Crippen molar-refractivity contribution >= 4 is 40.1 Å². The molecule has 3 amide bonds. The predicted octanol–water partition coefficient (Wildman–Crippen LogP) is 3.92. The summed E-state index contributed by atoms with van der Waals surface area (Å²) >= 11 is 6.35. The molecular weight excluding hydrogens is 500 g/mol. The summed E-state index contributed by atoms with van der Waals surface area (Å²) in [6.45, 7) is 4.61. The molecule has 2 aromatic carbocycles. The number of H-pyrrole nitrogens is 1. The highest BCUT2D eigenvalue weighted by molar-refractivity contribution is 6.30. The molecule has 0 bridgehead atoms. The van der Waals surface area contributed by atoms with Crippen LogP contribution in [0.4, 0.5) is 10.5 Å². The third kappa shape index (κ3) is 6.49. The van der Waals surface area contributed by atoms with Gasteiger partial charge >= 0.3 is 6.03 Å². The van der Waals surface area contributed by atoms with Gasteiger partial charge in [0, 0.05) is 59.9 Å². The molecule has 1 aliphatic rings. The van der Waals surface area contributed by atoms with Crippen LogP contribution in [0.5, 0.6) is 0 Å². The van der Waals surface area contributed by atoms with Crippen LogP contribution in [0.15, 0.2) is 48.7 Å². The molecule has 2 unspecified atom stereocenters. The topological polar surface area (TPSA) is 83.7 Å². The number of halogens is 1. The van der Waals surface area contributed by atoms with E-state index < -0.39 is 6.04 Å². The second-order valence-corrected chi connectivity index (χ2v) is 11.3. The quantitative estimate of drug-likeness (QED) is 0.385. The molecule has 204 valence electrons. The highest BCUT2D eigenvalue weighted by Crippen LogP contribution is 2.35. The van der Waals surface area contributed by atoms with Crippen molar-refractivity contribution in [2.75, 3.05) is 59.3 Å². The van der Waals surface area contributed by atoms with Gasteiger partial charge in [0.25, 0.3) is 0 Å². The Labute approximate surface area is 230 Å². The number of likely N-dealkylation sites (N-methyl/N-ethyl adjacent to an activating group) is 1. The minimum absolute atomic E-state index is 0.127. The van der Waals surface area contributed by atoms with Crippen LogP contribution in [0.1, 0.15) is 24.0 Å². The minimum atomic E-state index is -0.768. The Morgan fingerprint density at radius 1 is 1.13 bits per heavy atom. The Kier molecular flexibility index (Phi) is 8.97. The van der Waals surface area contributed by atoms with E-state index in [1.807, 2.05) is 93.6 Å². The molecule has 9 heteroatoms. The van der Waals surface area contributed by atoms with Gasteiger partial charge in [0.1, 0.15) is 6.04 Å². The van der Waals surface area contributed by atoms with Crippen LogP contribution in [-0.2, 0) is 11.2 Å². The fraction of sp³-hybridized carbons (Fsp3) is 0.448. The van der Waals surface area contributed by atoms with Crippen molar-refractivity contribution in [3.05, 3.63) is 64.8 Å². The summed E-state index contributed by atoms with van der Waals surface area (Å²) < 4.78 is 0. The third-order valence-electron chi connectivity index (χ3n) is 7.18. The number of nitrogens with one attached hydrogen (secondary N) is 3. The molecule has 0 saturated heterocycles. The fourth-order valence-corrected chi connectivity index (χ4v) is 5.56. The molecule has 1 aliphatic heterocycles. The number of aromatic amines is 1. The van der Waals surface area contributed by atoms with E-state index in [0.29, 0.717) is 24.7 Å². The summed E-state index contributed by atoms with van der Waals surface area (Å²) in [6.07, 6.45) is 2.79. The van der Waals surface area contributed by atoms with E-state index in [9.17, 15) is 9.59 Å². The smallest absolute Gasteiger partial charge is 0.315 e. The normalized spacial score (nSPS) is 16.9. The number of carbonyl (C=O) groups is 2. The van der Waals surface area contributed by atoms with Crippen LogP contribution < -0.4 is 15.5 Å². The molecule has 0 radical (unpaired) electrons. The summed E-state index contributed by atoms with van der Waals surface area (Å²) in [5, 5.41) is 7.64. The predicted molar refractivity (Wildman–Crippen MR) is 155 cm³/mol. The number of aromatic nitrogens is 1. The van der Waals surface area contributed by atoms with Gasteiger partial charge in [0.2, 0.25) is 5.91 Å². The highest BCUT2D eigenvalue weighted by atomic mass is 35.5. The largest absolute Gasteiger partial charge is 0.361 e. The lowest BCUT2D eigenvalue weighted by molar-refractivity contribution is -0.121. The van der Waals surface area contributed by atoms with Crippen LogP contribution in [0.25, 0.3) is 10.9 Å². The monoisotopic (exact) mass is 538 g/mol. The van der Waals surface area contributed by atoms with Crippen LogP contribution in [0.3, 0.4) is 0 Å². The first-order chi connectivity index (χ1) is 18.1. The Morgan fingerprint density at radius 2 is 1.89 bits per heavy atom. The number of carbonyl (C=O) groups excluding carboxylic acids is 2. The van der Waals surface area contributed by atoms with Crippen LogP contribution >= 0.6 is 11.6 Å². The summed E-state index contributed by atoms with van der Waals surface area (Å²) in [7, 11) is 7.99. The van der Waals surface area contributed by atoms with E-state index >= 15 is 0 Å². The fourth-order valence-electron chi connectivity index (χ4n) is 5.36. The summed E-state index contributed by atoms with van der Waals surface area (Å²) in [5.41, 5.74) is 3.91. The van der Waals surface area contributed by atoms with E-state index in [0.717, 1.165) is 40.7 Å². The zero-order valence-electron chi connectivity index (χ0n) is 22.9. The number of hydrogen-bond acceptors (Lipinski definition) is 4. The molecule has 4 rings (SSSR count). The first kappa shape index (κ1) is 28.0. The van der Waals surface area contributed by atoms with Gasteiger partial charge in [-0.2, -0.15) is 0 Å². The number of nitrogens with zero attached hydrogens (tertiary/aromatic N) is 3. The Bertz CT molecular complexity index is 1270. The van der Waals surface area contributed by atoms with Crippen molar-refractivity contribution < 1.29 is 9.59 Å². The second kappa shape index (κ2) is 12.2. The molecule has 8 nitrogen and oxygen atoms in total. The first-order valence-electron chi connectivity index (χ1n) is 13.1. The maximum absolute atomic E-state index is 14.4. The van der Waals surface area contributed by atoms with E-state index in [2.05, 4.69) is 20.5 Å². The number of anilines is 1. The maximum atomic E-state index is 14.4. The van der Waals surface area contributed by atoms with Crippen molar-refractivity contribution in [3.8, 4) is 0 Å². The average Bonchev–Trinajstić information content (AvgIpc) is 3.29. The Balaban J connectivity index is 1.68. The summed E-state index contributed by atoms with van der Waals surface area (Å²) in [4.78, 5) is 36.7. The lowest BCUT2D eigenvalue weighted by atomic mass is 9.88. The van der Waals surface area contributed by atoms with Crippen LogP contribution in [0, 0.1) is 5.92 Å². The minimum Gasteiger partial charge on any atom is -0.361 e. The van der Waals surface area contributed by atoms with Gasteiger partial charge in [-0.05, 0) is 75.9 Å². The van der Waals surface area contributed by atoms with E-state index in [4.69, 9.17) is 11.6 Å². The number of benzene rings is 2. The number of amides is 3. The molecule has 3 atom stereocenters. The van der Waals surface area contributed by atoms with E-state index in [1.54, 1.807) is 0 Å². The van der Waals surface area contributed by atoms with Gasteiger partial charge in [-0.25, -0.2) is 4.79 Å². The summed E-state index contributed by atoms with van der Waals surface area (Å²) in [6, 6.07) is 12.6. The van der Waals surface area contributed by atoms with Crippen LogP contribution in [-0.4, -0.2) is 87.1 Å². The van der Waals surface area contributed by atoms with Crippen molar-refractivity contribution in [2.45, 2.75) is 25.3 Å². The number of hydrogen-bond donors (Lipinski definition) is 3. The molecule has 3 aromatic rings. The van der Waals surface area contributed by atoms with Gasteiger partial charge in [0.15, 0.2) is 0 Å². The van der Waals surface area contributed by atoms with Crippen LogP contribution in [0.2, 0.25) is 5.02 Å². The molecule has 0 spiro atoms. The third-order valence-corrected chi connectivity index (χ3v) is 7.42. The molecule has 3 N–H and O–H groups in total. The van der Waals surface area contributed by atoms with Crippen molar-refractivity contribution in [1.82, 2.24) is 25.4 Å². The number of para-hydroxylation sites is 1. The Morgan fingerprint density at radius 3 is 2.63 bits per heavy atom. The van der Waals surface area contributed by atoms with Gasteiger partial charge in [-0.3, -0.25) is 4.79 Å². The maximum Gasteiger partial charge on any atom is 0.315 e. The van der Waals surface area contributed by atoms with Crippen molar-refractivity contribution in [2.24, 2.45) is 5.92 Å². The number of fused-ring (bicyclic) bond motifs is 2. The van der Waals surface area contributed by atoms with Gasteiger partial charge < -0.3 is 30.3 Å².